The van der Waals surface area contributed by atoms with E-state index < -0.39 is 23.3 Å². The van der Waals surface area contributed by atoms with Crippen molar-refractivity contribution in [3.05, 3.63) is 35.4 Å². The fourth-order valence-corrected chi connectivity index (χ4v) is 5.11. The van der Waals surface area contributed by atoms with Crippen molar-refractivity contribution < 1.29 is 19.0 Å². The van der Waals surface area contributed by atoms with E-state index in [0.29, 0.717) is 24.3 Å². The number of methoxy groups -OCH3 is 1. The largest absolute Gasteiger partial charge is 0.493 e. The molecule has 2 bridgehead atoms. The smallest absolute Gasteiger partial charge is 0.166 e. The van der Waals surface area contributed by atoms with Gasteiger partial charge in [-0.3, -0.25) is 0 Å². The van der Waals surface area contributed by atoms with E-state index in [2.05, 4.69) is 5.32 Å². The minimum atomic E-state index is -1.22. The van der Waals surface area contributed by atoms with Gasteiger partial charge in [-0.15, -0.1) is 0 Å². The molecule has 1 spiro atoms. The van der Waals surface area contributed by atoms with Crippen LogP contribution < -0.4 is 14.8 Å². The highest BCUT2D eigenvalue weighted by Gasteiger charge is 2.70. The normalized spacial score (nSPS) is 43.5. The first-order valence-electron chi connectivity index (χ1n) is 7.78. The zero-order valence-corrected chi connectivity index (χ0v) is 12.3. The first-order chi connectivity index (χ1) is 10.6. The Hall–Kier alpha value is -1.59. The second-order valence-electron chi connectivity index (χ2n) is 6.73. The lowest BCUT2D eigenvalue weighted by molar-refractivity contribution is -0.110. The van der Waals surface area contributed by atoms with Crippen LogP contribution in [0.4, 0.5) is 4.39 Å². The third-order valence-corrected chi connectivity index (χ3v) is 6.01. The third-order valence-electron chi connectivity index (χ3n) is 6.01. The molecule has 2 heterocycles. The van der Waals surface area contributed by atoms with E-state index in [1.165, 1.54) is 6.08 Å². The van der Waals surface area contributed by atoms with Crippen LogP contribution in [0.15, 0.2) is 24.3 Å². The number of alkyl halides is 1. The van der Waals surface area contributed by atoms with Crippen molar-refractivity contribution in [3.63, 3.8) is 0 Å². The molecule has 1 aromatic rings. The second-order valence-corrected chi connectivity index (χ2v) is 6.73. The zero-order valence-electron chi connectivity index (χ0n) is 12.3. The summed E-state index contributed by atoms with van der Waals surface area (Å²) in [5, 5.41) is 14.9. The molecule has 1 aromatic carbocycles. The van der Waals surface area contributed by atoms with E-state index >= 15 is 0 Å². The molecular weight excluding hydrogens is 285 g/mol. The number of piperidine rings is 1. The highest BCUT2D eigenvalue weighted by atomic mass is 19.1. The molecule has 4 nitrogen and oxygen atoms in total. The summed E-state index contributed by atoms with van der Waals surface area (Å²) in [4.78, 5) is 0. The van der Waals surface area contributed by atoms with Crippen LogP contribution in [0, 0.1) is 0 Å². The van der Waals surface area contributed by atoms with Crippen LogP contribution in [0.2, 0.25) is 0 Å². The van der Waals surface area contributed by atoms with Gasteiger partial charge in [0.1, 0.15) is 11.7 Å². The molecule has 116 valence electrons. The number of rotatable bonds is 1. The summed E-state index contributed by atoms with van der Waals surface area (Å²) in [7, 11) is 1.59. The number of ether oxygens (including phenoxy) is 2. The number of aliphatic hydroxyl groups is 1. The predicted molar refractivity (Wildman–Crippen MR) is 78.2 cm³/mol. The van der Waals surface area contributed by atoms with Crippen LogP contribution in [0.3, 0.4) is 0 Å². The molecule has 4 aliphatic rings. The Morgan fingerprint density at radius 2 is 2.32 bits per heavy atom. The van der Waals surface area contributed by atoms with Crippen molar-refractivity contribution in [1.29, 1.82) is 0 Å². The Bertz CT molecular complexity index is 705. The van der Waals surface area contributed by atoms with Crippen molar-refractivity contribution >= 4 is 0 Å². The highest BCUT2D eigenvalue weighted by Crippen LogP contribution is 2.63. The molecule has 0 aromatic heterocycles. The molecule has 1 saturated heterocycles. The van der Waals surface area contributed by atoms with Gasteiger partial charge in [-0.05, 0) is 37.1 Å². The van der Waals surface area contributed by atoms with Gasteiger partial charge in [0, 0.05) is 11.6 Å². The summed E-state index contributed by atoms with van der Waals surface area (Å²) in [6.45, 7) is 0.753. The zero-order chi connectivity index (χ0) is 15.1. The predicted octanol–water partition coefficient (Wildman–Crippen LogP) is 1.25. The van der Waals surface area contributed by atoms with Crippen molar-refractivity contribution in [2.75, 3.05) is 13.7 Å². The SMILES string of the molecule is COc1ccc2c3c1OC1C(F)C=CC4(O)C(C2)NCCC314. The quantitative estimate of drug-likeness (QED) is 0.767. The van der Waals surface area contributed by atoms with Gasteiger partial charge in [-0.2, -0.15) is 0 Å². The summed E-state index contributed by atoms with van der Waals surface area (Å²) in [6, 6.07) is 3.79. The highest BCUT2D eigenvalue weighted by molar-refractivity contribution is 5.64. The lowest BCUT2D eigenvalue weighted by Gasteiger charge is -2.58. The maximum Gasteiger partial charge on any atom is 0.166 e. The first-order valence-corrected chi connectivity index (χ1v) is 7.78. The number of hydrogen-bond donors (Lipinski definition) is 2. The number of hydrogen-bond acceptors (Lipinski definition) is 4. The Morgan fingerprint density at radius 3 is 3.14 bits per heavy atom. The van der Waals surface area contributed by atoms with Crippen molar-refractivity contribution in [2.24, 2.45) is 0 Å². The van der Waals surface area contributed by atoms with Crippen molar-refractivity contribution in [2.45, 2.75) is 42.2 Å². The topological polar surface area (TPSA) is 50.7 Å². The maximum absolute atomic E-state index is 14.6. The molecule has 2 aliphatic carbocycles. The molecular formula is C17H18FNO3. The summed E-state index contributed by atoms with van der Waals surface area (Å²) in [5.74, 6) is 1.24. The summed E-state index contributed by atoms with van der Waals surface area (Å²) in [6.07, 6.45) is 2.57. The van der Waals surface area contributed by atoms with Gasteiger partial charge in [-0.25, -0.2) is 4.39 Å². The fourth-order valence-electron chi connectivity index (χ4n) is 5.11. The van der Waals surface area contributed by atoms with E-state index in [1.807, 2.05) is 12.1 Å². The molecule has 1 fully saturated rings. The Morgan fingerprint density at radius 1 is 1.45 bits per heavy atom. The standard InChI is InChI=1S/C17H18FNO3/c1-21-11-3-2-9-8-12-17(20)5-4-10(18)15-16(17,6-7-19-12)13(9)14(11)22-15/h2-5,10,12,15,19-20H,6-8H2,1H3. The summed E-state index contributed by atoms with van der Waals surface area (Å²) >= 11 is 0. The minimum Gasteiger partial charge on any atom is -0.493 e. The minimum absolute atomic E-state index is 0.108. The van der Waals surface area contributed by atoms with E-state index in [9.17, 15) is 9.50 Å². The monoisotopic (exact) mass is 303 g/mol. The maximum atomic E-state index is 14.6. The third kappa shape index (κ3) is 1.16. The molecule has 5 unspecified atom stereocenters. The molecule has 2 aliphatic heterocycles. The van der Waals surface area contributed by atoms with Crippen molar-refractivity contribution in [1.82, 2.24) is 5.32 Å². The van der Waals surface area contributed by atoms with Crippen LogP contribution in [-0.2, 0) is 11.8 Å². The average Bonchev–Trinajstić information content (AvgIpc) is 2.85. The van der Waals surface area contributed by atoms with Crippen LogP contribution in [0.5, 0.6) is 11.5 Å². The van der Waals surface area contributed by atoms with E-state index in [0.717, 1.165) is 17.7 Å². The van der Waals surface area contributed by atoms with Gasteiger partial charge in [-0.1, -0.05) is 12.1 Å². The van der Waals surface area contributed by atoms with Gasteiger partial charge in [0.15, 0.2) is 17.7 Å². The van der Waals surface area contributed by atoms with Crippen LogP contribution in [0.25, 0.3) is 0 Å². The van der Waals surface area contributed by atoms with Gasteiger partial charge < -0.3 is 19.9 Å². The average molecular weight is 303 g/mol. The van der Waals surface area contributed by atoms with Gasteiger partial charge >= 0.3 is 0 Å². The summed E-state index contributed by atoms with van der Waals surface area (Å²) < 4.78 is 26.1. The Labute approximate surface area is 127 Å². The van der Waals surface area contributed by atoms with Crippen molar-refractivity contribution in [3.8, 4) is 11.5 Å². The lowest BCUT2D eigenvalue weighted by atomic mass is 9.51. The van der Waals surface area contributed by atoms with Gasteiger partial charge in [0.25, 0.3) is 0 Å². The Balaban J connectivity index is 1.88. The number of halogens is 1. The van der Waals surface area contributed by atoms with Gasteiger partial charge in [0.2, 0.25) is 0 Å². The molecule has 0 radical (unpaired) electrons. The van der Waals surface area contributed by atoms with E-state index in [4.69, 9.17) is 9.47 Å². The number of benzene rings is 1. The molecule has 2 N–H and O–H groups in total. The van der Waals surface area contributed by atoms with Crippen LogP contribution in [-0.4, -0.2) is 42.7 Å². The molecule has 5 atom stereocenters. The molecule has 0 amide bonds. The van der Waals surface area contributed by atoms with E-state index in [-0.39, 0.29) is 6.04 Å². The molecule has 0 saturated carbocycles. The summed E-state index contributed by atoms with van der Waals surface area (Å²) in [5.41, 5.74) is 0.268. The first kappa shape index (κ1) is 12.9. The van der Waals surface area contributed by atoms with Crippen LogP contribution >= 0.6 is 0 Å². The van der Waals surface area contributed by atoms with Gasteiger partial charge in [0.05, 0.1) is 12.5 Å². The molecule has 5 heteroatoms. The molecule has 5 rings (SSSR count). The lowest BCUT2D eigenvalue weighted by Crippen LogP contribution is -2.74. The fraction of sp³-hybridized carbons (Fsp3) is 0.529. The van der Waals surface area contributed by atoms with Crippen LogP contribution in [0.1, 0.15) is 17.5 Å². The van der Waals surface area contributed by atoms with E-state index in [1.54, 1.807) is 13.2 Å². The second kappa shape index (κ2) is 3.84. The molecule has 22 heavy (non-hydrogen) atoms. The Kier molecular flexibility index (Phi) is 2.25. The number of nitrogens with one attached hydrogen (secondary N) is 1.